The number of carbonyl (C=O) groups excluding carboxylic acids is 1. The van der Waals surface area contributed by atoms with Crippen molar-refractivity contribution in [1.82, 2.24) is 0 Å². The third-order valence-electron chi connectivity index (χ3n) is 2.54. The molecule has 2 aromatic rings. The van der Waals surface area contributed by atoms with Crippen molar-refractivity contribution in [3.8, 4) is 0 Å². The summed E-state index contributed by atoms with van der Waals surface area (Å²) in [6.45, 7) is 0. The molecule has 0 spiro atoms. The molecule has 0 aliphatic heterocycles. The Hall–Kier alpha value is -1.26. The maximum atomic E-state index is 13.5. The summed E-state index contributed by atoms with van der Waals surface area (Å²) < 4.78 is 27.1. The van der Waals surface area contributed by atoms with Gasteiger partial charge >= 0.3 is 0 Å². The van der Waals surface area contributed by atoms with E-state index in [-0.39, 0.29) is 17.8 Å². The molecule has 0 saturated heterocycles. The molecule has 0 unspecified atom stereocenters. The van der Waals surface area contributed by atoms with Crippen LogP contribution in [0.2, 0.25) is 5.02 Å². The highest BCUT2D eigenvalue weighted by Crippen LogP contribution is 2.21. The Balaban J connectivity index is 2.28. The van der Waals surface area contributed by atoms with Crippen LogP contribution in [-0.4, -0.2) is 5.78 Å². The highest BCUT2D eigenvalue weighted by atomic mass is 79.9. The number of hydrogen-bond acceptors (Lipinski definition) is 1. The van der Waals surface area contributed by atoms with Gasteiger partial charge in [-0.15, -0.1) is 0 Å². The fourth-order valence-corrected chi connectivity index (χ4v) is 2.53. The van der Waals surface area contributed by atoms with Crippen molar-refractivity contribution in [3.63, 3.8) is 0 Å². The highest BCUT2D eigenvalue weighted by Gasteiger charge is 2.12. The van der Waals surface area contributed by atoms with Gasteiger partial charge in [-0.05, 0) is 42.0 Å². The average molecular weight is 346 g/mol. The summed E-state index contributed by atoms with van der Waals surface area (Å²) in [6, 6.07) is 7.76. The number of ketones is 1. The first-order chi connectivity index (χ1) is 8.95. The minimum Gasteiger partial charge on any atom is -0.294 e. The van der Waals surface area contributed by atoms with Crippen LogP contribution in [0.5, 0.6) is 0 Å². The minimum atomic E-state index is -0.601. The quantitative estimate of drug-likeness (QED) is 0.730. The summed E-state index contributed by atoms with van der Waals surface area (Å²) in [7, 11) is 0. The van der Waals surface area contributed by atoms with Crippen molar-refractivity contribution in [1.29, 1.82) is 0 Å². The van der Waals surface area contributed by atoms with Gasteiger partial charge in [0.15, 0.2) is 5.78 Å². The summed E-state index contributed by atoms with van der Waals surface area (Å²) in [6.07, 6.45) is -0.212. The van der Waals surface area contributed by atoms with E-state index in [4.69, 9.17) is 11.6 Å². The van der Waals surface area contributed by atoms with Gasteiger partial charge in [-0.25, -0.2) is 8.78 Å². The van der Waals surface area contributed by atoms with Crippen molar-refractivity contribution in [2.45, 2.75) is 6.42 Å². The number of benzene rings is 2. The Morgan fingerprint density at radius 2 is 1.89 bits per heavy atom. The van der Waals surface area contributed by atoms with Crippen LogP contribution in [0.1, 0.15) is 15.9 Å². The van der Waals surface area contributed by atoms with Gasteiger partial charge in [-0.3, -0.25) is 4.79 Å². The van der Waals surface area contributed by atoms with Gasteiger partial charge in [0, 0.05) is 21.5 Å². The maximum Gasteiger partial charge on any atom is 0.167 e. The van der Waals surface area contributed by atoms with E-state index in [0.717, 1.165) is 18.2 Å². The second-order valence-corrected chi connectivity index (χ2v) is 5.35. The fraction of sp³-hybridized carbons (Fsp3) is 0.0714. The third kappa shape index (κ3) is 3.61. The van der Waals surface area contributed by atoms with Gasteiger partial charge in [-0.1, -0.05) is 27.5 Å². The summed E-state index contributed by atoms with van der Waals surface area (Å²) in [4.78, 5) is 12.0. The van der Waals surface area contributed by atoms with Crippen molar-refractivity contribution in [2.24, 2.45) is 0 Å². The SMILES string of the molecule is O=C(Cc1cc(F)ccc1F)c1cc(Cl)cc(Br)c1. The molecule has 0 heterocycles. The summed E-state index contributed by atoms with van der Waals surface area (Å²) >= 11 is 9.06. The predicted octanol–water partition coefficient (Wildman–Crippen LogP) is 4.81. The average Bonchev–Trinajstić information content (AvgIpc) is 2.32. The first kappa shape index (κ1) is 14.2. The zero-order chi connectivity index (χ0) is 14.0. The molecule has 1 nitrogen and oxygen atoms in total. The van der Waals surface area contributed by atoms with E-state index in [2.05, 4.69) is 15.9 Å². The largest absolute Gasteiger partial charge is 0.294 e. The van der Waals surface area contributed by atoms with Crippen molar-refractivity contribution in [3.05, 3.63) is 68.7 Å². The molecule has 0 amide bonds. The van der Waals surface area contributed by atoms with Crippen LogP contribution in [-0.2, 0) is 6.42 Å². The Bertz CT molecular complexity index is 623. The standard InChI is InChI=1S/C14H8BrClF2O/c15-10-3-9(4-11(16)7-10)14(19)6-8-5-12(17)1-2-13(8)18/h1-5,7H,6H2. The highest BCUT2D eigenvalue weighted by molar-refractivity contribution is 9.10. The van der Waals surface area contributed by atoms with Crippen LogP contribution in [0.15, 0.2) is 40.9 Å². The van der Waals surface area contributed by atoms with Gasteiger partial charge in [0.1, 0.15) is 11.6 Å². The number of Topliss-reactive ketones (excluding diaryl/α,β-unsaturated/α-hetero) is 1. The summed E-state index contributed by atoms with van der Waals surface area (Å²) in [5.41, 5.74) is 0.379. The van der Waals surface area contributed by atoms with E-state index >= 15 is 0 Å². The number of carbonyl (C=O) groups is 1. The monoisotopic (exact) mass is 344 g/mol. The lowest BCUT2D eigenvalue weighted by Crippen LogP contribution is -2.05. The molecule has 0 bridgehead atoms. The fourth-order valence-electron chi connectivity index (χ4n) is 1.67. The maximum absolute atomic E-state index is 13.5. The molecule has 0 radical (unpaired) electrons. The molecule has 5 heteroatoms. The first-order valence-electron chi connectivity index (χ1n) is 5.39. The smallest absolute Gasteiger partial charge is 0.167 e. The summed E-state index contributed by atoms with van der Waals surface area (Å²) in [5, 5.41) is 0.400. The van der Waals surface area contributed by atoms with Gasteiger partial charge < -0.3 is 0 Å². The Labute approximate surface area is 122 Å². The molecular formula is C14H8BrClF2O. The summed E-state index contributed by atoms with van der Waals surface area (Å²) in [5.74, 6) is -1.50. The molecular weight excluding hydrogens is 338 g/mol. The van der Waals surface area contributed by atoms with Crippen LogP contribution in [0.4, 0.5) is 8.78 Å². The number of rotatable bonds is 3. The molecule has 0 N–H and O–H groups in total. The van der Waals surface area contributed by atoms with Crippen LogP contribution >= 0.6 is 27.5 Å². The molecule has 0 aromatic heterocycles. The molecule has 2 rings (SSSR count). The topological polar surface area (TPSA) is 17.1 Å². The number of hydrogen-bond donors (Lipinski definition) is 0. The zero-order valence-electron chi connectivity index (χ0n) is 9.59. The Kier molecular flexibility index (Phi) is 4.32. The van der Waals surface area contributed by atoms with Crippen LogP contribution < -0.4 is 0 Å². The molecule has 19 heavy (non-hydrogen) atoms. The van der Waals surface area contributed by atoms with E-state index < -0.39 is 11.6 Å². The second kappa shape index (κ2) is 5.80. The molecule has 98 valence electrons. The van der Waals surface area contributed by atoms with E-state index in [1.54, 1.807) is 12.1 Å². The van der Waals surface area contributed by atoms with Gasteiger partial charge in [0.25, 0.3) is 0 Å². The third-order valence-corrected chi connectivity index (χ3v) is 3.22. The first-order valence-corrected chi connectivity index (χ1v) is 6.56. The van der Waals surface area contributed by atoms with E-state index in [1.807, 2.05) is 0 Å². The van der Waals surface area contributed by atoms with Crippen LogP contribution in [0, 0.1) is 11.6 Å². The molecule has 0 aliphatic rings. The van der Waals surface area contributed by atoms with Crippen molar-refractivity contribution >= 4 is 33.3 Å². The molecule has 0 atom stereocenters. The normalized spacial score (nSPS) is 10.5. The second-order valence-electron chi connectivity index (χ2n) is 3.99. The lowest BCUT2D eigenvalue weighted by atomic mass is 10.0. The Morgan fingerprint density at radius 3 is 2.58 bits per heavy atom. The predicted molar refractivity (Wildman–Crippen MR) is 73.5 cm³/mol. The molecule has 2 aromatic carbocycles. The van der Waals surface area contributed by atoms with Crippen molar-refractivity contribution in [2.75, 3.05) is 0 Å². The zero-order valence-corrected chi connectivity index (χ0v) is 11.9. The molecule has 0 aliphatic carbocycles. The minimum absolute atomic E-state index is 0.0288. The Morgan fingerprint density at radius 1 is 1.16 bits per heavy atom. The molecule has 0 saturated carbocycles. The van der Waals surface area contributed by atoms with Crippen LogP contribution in [0.3, 0.4) is 0 Å². The van der Waals surface area contributed by atoms with Gasteiger partial charge in [0.2, 0.25) is 0 Å². The van der Waals surface area contributed by atoms with Gasteiger partial charge in [0.05, 0.1) is 0 Å². The van der Waals surface area contributed by atoms with E-state index in [1.165, 1.54) is 6.07 Å². The van der Waals surface area contributed by atoms with Crippen molar-refractivity contribution < 1.29 is 13.6 Å². The number of halogens is 4. The van der Waals surface area contributed by atoms with E-state index in [9.17, 15) is 13.6 Å². The van der Waals surface area contributed by atoms with Crippen LogP contribution in [0.25, 0.3) is 0 Å². The lowest BCUT2D eigenvalue weighted by molar-refractivity contribution is 0.0991. The van der Waals surface area contributed by atoms with E-state index in [0.29, 0.717) is 15.1 Å². The van der Waals surface area contributed by atoms with Gasteiger partial charge in [-0.2, -0.15) is 0 Å². The lowest BCUT2D eigenvalue weighted by Gasteiger charge is -2.05. The molecule has 0 fully saturated rings.